The van der Waals surface area contributed by atoms with Gasteiger partial charge in [0.2, 0.25) is 5.89 Å². The molecule has 2 unspecified atom stereocenters. The molecule has 2 aliphatic heterocycles. The van der Waals surface area contributed by atoms with Crippen molar-refractivity contribution >= 4 is 11.8 Å². The van der Waals surface area contributed by atoms with E-state index in [1.807, 2.05) is 11.8 Å². The molecule has 0 aromatic carbocycles. The summed E-state index contributed by atoms with van der Waals surface area (Å²) in [6, 6.07) is 0. The molecule has 4 nitrogen and oxygen atoms in total. The van der Waals surface area contributed by atoms with Gasteiger partial charge in [-0.05, 0) is 38.0 Å². The highest BCUT2D eigenvalue weighted by molar-refractivity contribution is 8.00. The first-order chi connectivity index (χ1) is 8.42. The summed E-state index contributed by atoms with van der Waals surface area (Å²) in [5.41, 5.74) is 0. The van der Waals surface area contributed by atoms with Crippen LogP contribution in [-0.4, -0.2) is 34.2 Å². The maximum Gasteiger partial charge on any atom is 0.231 e. The number of rotatable bonds is 3. The highest BCUT2D eigenvalue weighted by atomic mass is 32.2. The Morgan fingerprint density at radius 2 is 2.35 bits per heavy atom. The molecule has 0 amide bonds. The average molecular weight is 253 g/mol. The first-order valence-corrected chi connectivity index (χ1v) is 7.61. The summed E-state index contributed by atoms with van der Waals surface area (Å²) in [5, 5.41) is 8.22. The molecular formula is C12H19N3OS. The molecule has 1 N–H and O–H groups in total. The number of aromatic nitrogens is 2. The molecule has 2 fully saturated rings. The van der Waals surface area contributed by atoms with E-state index in [0.717, 1.165) is 31.2 Å². The predicted octanol–water partition coefficient (Wildman–Crippen LogP) is 1.97. The summed E-state index contributed by atoms with van der Waals surface area (Å²) in [4.78, 5) is 4.57. The Bertz CT molecular complexity index is 356. The van der Waals surface area contributed by atoms with Crippen molar-refractivity contribution in [2.24, 2.45) is 0 Å². The Kier molecular flexibility index (Phi) is 3.66. The third kappa shape index (κ3) is 2.83. The van der Waals surface area contributed by atoms with Gasteiger partial charge in [-0.15, -0.1) is 0 Å². The van der Waals surface area contributed by atoms with E-state index in [2.05, 4.69) is 15.5 Å². The van der Waals surface area contributed by atoms with Crippen LogP contribution >= 0.6 is 11.8 Å². The summed E-state index contributed by atoms with van der Waals surface area (Å²) >= 11 is 2.05. The third-order valence-corrected chi connectivity index (χ3v) is 4.96. The fraction of sp³-hybridized carbons (Fsp3) is 0.833. The van der Waals surface area contributed by atoms with Gasteiger partial charge in [-0.1, -0.05) is 5.16 Å². The molecule has 0 spiro atoms. The van der Waals surface area contributed by atoms with Crippen LogP contribution in [0.2, 0.25) is 0 Å². The molecule has 0 radical (unpaired) electrons. The molecule has 17 heavy (non-hydrogen) atoms. The Balaban J connectivity index is 1.60. The Hall–Kier alpha value is -0.550. The van der Waals surface area contributed by atoms with E-state index in [1.165, 1.54) is 31.4 Å². The molecule has 94 valence electrons. The summed E-state index contributed by atoms with van der Waals surface area (Å²) in [6.45, 7) is 2.11. The van der Waals surface area contributed by atoms with Crippen molar-refractivity contribution in [3.63, 3.8) is 0 Å². The van der Waals surface area contributed by atoms with Crippen LogP contribution < -0.4 is 5.32 Å². The van der Waals surface area contributed by atoms with Crippen LogP contribution in [0.3, 0.4) is 0 Å². The average Bonchev–Trinajstić information content (AvgIpc) is 3.02. The number of nitrogens with one attached hydrogen (secondary N) is 1. The fourth-order valence-electron chi connectivity index (χ4n) is 2.59. The van der Waals surface area contributed by atoms with Gasteiger partial charge in [0.1, 0.15) is 0 Å². The fourth-order valence-corrected chi connectivity index (χ4v) is 3.85. The van der Waals surface area contributed by atoms with Crippen LogP contribution in [0, 0.1) is 0 Å². The van der Waals surface area contributed by atoms with Crippen molar-refractivity contribution in [1.82, 2.24) is 15.5 Å². The van der Waals surface area contributed by atoms with Gasteiger partial charge in [0, 0.05) is 18.2 Å². The van der Waals surface area contributed by atoms with Crippen LogP contribution in [0.4, 0.5) is 0 Å². The second-order valence-corrected chi connectivity index (χ2v) is 6.34. The first-order valence-electron chi connectivity index (χ1n) is 6.56. The molecule has 1 aromatic heterocycles. The second kappa shape index (κ2) is 5.40. The maximum atomic E-state index is 5.40. The van der Waals surface area contributed by atoms with Gasteiger partial charge in [-0.25, -0.2) is 0 Å². The first kappa shape index (κ1) is 11.5. The highest BCUT2D eigenvalue weighted by Gasteiger charge is 2.23. The Morgan fingerprint density at radius 3 is 3.12 bits per heavy atom. The number of hydrogen-bond donors (Lipinski definition) is 1. The van der Waals surface area contributed by atoms with E-state index >= 15 is 0 Å². The van der Waals surface area contributed by atoms with Crippen molar-refractivity contribution in [2.75, 3.05) is 18.8 Å². The Morgan fingerprint density at radius 1 is 1.35 bits per heavy atom. The summed E-state index contributed by atoms with van der Waals surface area (Å²) in [5.74, 6) is 3.48. The van der Waals surface area contributed by atoms with Gasteiger partial charge in [-0.2, -0.15) is 16.7 Å². The van der Waals surface area contributed by atoms with Crippen molar-refractivity contribution in [3.8, 4) is 0 Å². The van der Waals surface area contributed by atoms with Gasteiger partial charge in [-0.3, -0.25) is 0 Å². The maximum absolute atomic E-state index is 5.40. The van der Waals surface area contributed by atoms with Crippen molar-refractivity contribution in [1.29, 1.82) is 0 Å². The second-order valence-electron chi connectivity index (χ2n) is 4.93. The van der Waals surface area contributed by atoms with E-state index in [9.17, 15) is 0 Å². The lowest BCUT2D eigenvalue weighted by molar-refractivity contribution is 0.320. The monoisotopic (exact) mass is 253 g/mol. The topological polar surface area (TPSA) is 51.0 Å². The van der Waals surface area contributed by atoms with E-state index in [-0.39, 0.29) is 0 Å². The smallest absolute Gasteiger partial charge is 0.231 e. The number of hydrogen-bond acceptors (Lipinski definition) is 5. The van der Waals surface area contributed by atoms with Gasteiger partial charge in [0.15, 0.2) is 5.82 Å². The standard InChI is InChI=1S/C12H19N3OS/c1-3-9(8-13-5-1)12-14-11(15-16-12)7-10-4-2-6-17-10/h9-10,13H,1-8H2. The van der Waals surface area contributed by atoms with Gasteiger partial charge >= 0.3 is 0 Å². The molecule has 0 saturated carbocycles. The molecule has 0 aliphatic carbocycles. The van der Waals surface area contributed by atoms with Crippen LogP contribution in [-0.2, 0) is 6.42 Å². The lowest BCUT2D eigenvalue weighted by atomic mass is 10.00. The van der Waals surface area contributed by atoms with Gasteiger partial charge < -0.3 is 9.84 Å². The zero-order valence-corrected chi connectivity index (χ0v) is 10.8. The van der Waals surface area contributed by atoms with E-state index in [4.69, 9.17) is 4.52 Å². The normalized spacial score (nSPS) is 29.6. The molecule has 0 bridgehead atoms. The van der Waals surface area contributed by atoms with Crippen molar-refractivity contribution in [3.05, 3.63) is 11.7 Å². The van der Waals surface area contributed by atoms with E-state index in [1.54, 1.807) is 0 Å². The molecule has 2 atom stereocenters. The van der Waals surface area contributed by atoms with Crippen molar-refractivity contribution in [2.45, 2.75) is 43.3 Å². The summed E-state index contributed by atoms with van der Waals surface area (Å²) in [6.07, 6.45) is 6.01. The lowest BCUT2D eigenvalue weighted by Gasteiger charge is -2.18. The Labute approximate surface area is 106 Å². The van der Waals surface area contributed by atoms with Crippen LogP contribution in [0.1, 0.15) is 43.3 Å². The molecule has 5 heteroatoms. The summed E-state index contributed by atoms with van der Waals surface area (Å²) in [7, 11) is 0. The minimum Gasteiger partial charge on any atom is -0.339 e. The SMILES string of the molecule is C1CSC(Cc2noc(C3CCCNC3)n2)C1. The van der Waals surface area contributed by atoms with Crippen LogP contribution in [0.15, 0.2) is 4.52 Å². The lowest BCUT2D eigenvalue weighted by Crippen LogP contribution is -2.28. The van der Waals surface area contributed by atoms with Crippen LogP contribution in [0.5, 0.6) is 0 Å². The third-order valence-electron chi connectivity index (χ3n) is 3.56. The molecule has 3 rings (SSSR count). The largest absolute Gasteiger partial charge is 0.339 e. The highest BCUT2D eigenvalue weighted by Crippen LogP contribution is 2.29. The van der Waals surface area contributed by atoms with Crippen molar-refractivity contribution < 1.29 is 4.52 Å². The minimum absolute atomic E-state index is 0.432. The molecule has 2 saturated heterocycles. The van der Waals surface area contributed by atoms with Gasteiger partial charge in [0.05, 0.1) is 5.92 Å². The van der Waals surface area contributed by atoms with E-state index in [0.29, 0.717) is 11.2 Å². The molecule has 1 aromatic rings. The molecule has 3 heterocycles. The zero-order valence-electron chi connectivity index (χ0n) is 10.0. The molecule has 2 aliphatic rings. The summed E-state index contributed by atoms with van der Waals surface area (Å²) < 4.78 is 5.40. The minimum atomic E-state index is 0.432. The molecular weight excluding hydrogens is 234 g/mol. The van der Waals surface area contributed by atoms with Gasteiger partial charge in [0.25, 0.3) is 0 Å². The van der Waals surface area contributed by atoms with E-state index < -0.39 is 0 Å². The number of piperidine rings is 1. The number of thioether (sulfide) groups is 1. The quantitative estimate of drug-likeness (QED) is 0.892. The van der Waals surface area contributed by atoms with Crippen LogP contribution in [0.25, 0.3) is 0 Å². The zero-order chi connectivity index (χ0) is 11.5. The predicted molar refractivity (Wildman–Crippen MR) is 68.3 cm³/mol. The number of nitrogens with zero attached hydrogens (tertiary/aromatic N) is 2.